The maximum absolute atomic E-state index is 14.6. The van der Waals surface area contributed by atoms with Gasteiger partial charge in [0.05, 0.1) is 17.6 Å². The van der Waals surface area contributed by atoms with E-state index in [1.54, 1.807) is 54.8 Å². The second-order valence-corrected chi connectivity index (χ2v) is 6.73. The van der Waals surface area contributed by atoms with Crippen LogP contribution in [0.2, 0.25) is 0 Å². The number of hydrogen-bond donors (Lipinski definition) is 3. The highest BCUT2D eigenvalue weighted by atomic mass is 19.1. The minimum atomic E-state index is -0.511. The van der Waals surface area contributed by atoms with Crippen molar-refractivity contribution < 1.29 is 9.18 Å². The number of nitrogens with zero attached hydrogens (tertiary/aromatic N) is 5. The highest BCUT2D eigenvalue weighted by Crippen LogP contribution is 2.31. The molecule has 0 atom stereocenters. The molecule has 0 unspecified atom stereocenters. The molecule has 10 heteroatoms. The summed E-state index contributed by atoms with van der Waals surface area (Å²) in [6.45, 7) is 3.42. The summed E-state index contributed by atoms with van der Waals surface area (Å²) in [5, 5.41) is 12.8. The lowest BCUT2D eigenvalue weighted by Gasteiger charge is -2.14. The van der Waals surface area contributed by atoms with Gasteiger partial charge in [0.15, 0.2) is 0 Å². The third-order valence-corrected chi connectivity index (χ3v) is 4.41. The lowest BCUT2D eigenvalue weighted by atomic mass is 10.1. The molecule has 160 valence electrons. The van der Waals surface area contributed by atoms with Crippen molar-refractivity contribution >= 4 is 34.7 Å². The summed E-state index contributed by atoms with van der Waals surface area (Å²) in [5.74, 6) is -0.244. The quantitative estimate of drug-likeness (QED) is 0.380. The fourth-order valence-corrected chi connectivity index (χ4v) is 2.91. The van der Waals surface area contributed by atoms with Gasteiger partial charge >= 0.3 is 0 Å². The Morgan fingerprint density at radius 1 is 1.12 bits per heavy atom. The number of aryl methyl sites for hydroxylation is 1. The first kappa shape index (κ1) is 20.7. The van der Waals surface area contributed by atoms with Crippen molar-refractivity contribution in [1.29, 1.82) is 0 Å². The summed E-state index contributed by atoms with van der Waals surface area (Å²) >= 11 is 0. The summed E-state index contributed by atoms with van der Waals surface area (Å²) in [4.78, 5) is 24.5. The number of anilines is 5. The van der Waals surface area contributed by atoms with Crippen molar-refractivity contribution in [3.05, 3.63) is 79.8 Å². The molecule has 0 saturated heterocycles. The average Bonchev–Trinajstić information content (AvgIpc) is 3.21. The number of hydrogen-bond acceptors (Lipinski definition) is 7. The summed E-state index contributed by atoms with van der Waals surface area (Å²) in [5.41, 5.74) is 2.69. The molecular formula is C22H19FN8O. The van der Waals surface area contributed by atoms with Gasteiger partial charge in [-0.1, -0.05) is 6.58 Å². The minimum absolute atomic E-state index is 0.133. The Hall–Kier alpha value is -4.60. The van der Waals surface area contributed by atoms with Gasteiger partial charge in [-0.15, -0.1) is 0 Å². The maximum Gasteiger partial charge on any atom is 0.247 e. The van der Waals surface area contributed by atoms with E-state index in [4.69, 9.17) is 0 Å². The number of carbonyl (C=O) groups excluding carboxylic acids is 1. The molecule has 0 bridgehead atoms. The molecule has 0 fully saturated rings. The second kappa shape index (κ2) is 9.04. The Morgan fingerprint density at radius 3 is 2.66 bits per heavy atom. The lowest BCUT2D eigenvalue weighted by Crippen LogP contribution is -2.08. The number of benzene rings is 1. The van der Waals surface area contributed by atoms with Crippen LogP contribution in [-0.2, 0) is 11.8 Å². The van der Waals surface area contributed by atoms with Gasteiger partial charge in [0.25, 0.3) is 0 Å². The van der Waals surface area contributed by atoms with Crippen LogP contribution in [-0.4, -0.2) is 30.6 Å². The van der Waals surface area contributed by atoms with Crippen molar-refractivity contribution in [2.24, 2.45) is 7.05 Å². The Bertz CT molecular complexity index is 1270. The largest absolute Gasteiger partial charge is 0.337 e. The first-order valence-electron chi connectivity index (χ1n) is 9.55. The molecule has 4 rings (SSSR count). The van der Waals surface area contributed by atoms with Crippen molar-refractivity contribution in [3.8, 4) is 11.1 Å². The summed E-state index contributed by atoms with van der Waals surface area (Å²) < 4.78 is 16.2. The van der Waals surface area contributed by atoms with Gasteiger partial charge in [0.1, 0.15) is 11.6 Å². The first-order chi connectivity index (χ1) is 15.5. The summed E-state index contributed by atoms with van der Waals surface area (Å²) in [6.07, 6.45) is 9.47. The lowest BCUT2D eigenvalue weighted by molar-refractivity contribution is -0.111. The van der Waals surface area contributed by atoms with Crippen LogP contribution in [0, 0.1) is 5.82 Å². The van der Waals surface area contributed by atoms with Crippen molar-refractivity contribution in [2.45, 2.75) is 0 Å². The Balaban J connectivity index is 1.72. The van der Waals surface area contributed by atoms with E-state index < -0.39 is 11.7 Å². The van der Waals surface area contributed by atoms with Gasteiger partial charge in [0, 0.05) is 43.1 Å². The Morgan fingerprint density at radius 2 is 1.94 bits per heavy atom. The predicted octanol–water partition coefficient (Wildman–Crippen LogP) is 4.02. The monoisotopic (exact) mass is 430 g/mol. The second-order valence-electron chi connectivity index (χ2n) is 6.73. The molecule has 0 aliphatic rings. The highest BCUT2D eigenvalue weighted by molar-refractivity contribution is 5.99. The molecule has 0 saturated carbocycles. The predicted molar refractivity (Wildman–Crippen MR) is 120 cm³/mol. The summed E-state index contributed by atoms with van der Waals surface area (Å²) in [6, 6.07) is 7.79. The number of rotatable bonds is 7. The number of carbonyl (C=O) groups is 1. The van der Waals surface area contributed by atoms with Crippen LogP contribution in [0.15, 0.2) is 74.0 Å². The van der Waals surface area contributed by atoms with Crippen LogP contribution in [0.5, 0.6) is 0 Å². The molecule has 3 aromatic heterocycles. The first-order valence-corrected chi connectivity index (χ1v) is 9.55. The molecule has 1 amide bonds. The Labute approximate surface area is 183 Å². The molecule has 32 heavy (non-hydrogen) atoms. The number of halogens is 1. The third-order valence-electron chi connectivity index (χ3n) is 4.41. The van der Waals surface area contributed by atoms with Gasteiger partial charge in [-0.3, -0.25) is 14.5 Å². The molecule has 0 spiro atoms. The molecular weight excluding hydrogens is 411 g/mol. The number of pyridine rings is 1. The van der Waals surface area contributed by atoms with Crippen LogP contribution >= 0.6 is 0 Å². The SMILES string of the molecule is C=CC(=O)Nc1ccc(F)c(Nc2nc(Nc3cnn(C)c3)ncc2-c2ccncc2)c1. The molecule has 1 aromatic carbocycles. The minimum Gasteiger partial charge on any atom is -0.337 e. The van der Waals surface area contributed by atoms with E-state index in [2.05, 4.69) is 42.6 Å². The molecule has 0 aliphatic heterocycles. The van der Waals surface area contributed by atoms with Gasteiger partial charge < -0.3 is 16.0 Å². The van der Waals surface area contributed by atoms with E-state index in [1.165, 1.54) is 18.2 Å². The molecule has 9 nitrogen and oxygen atoms in total. The maximum atomic E-state index is 14.6. The standard InChI is InChI=1S/C22H19FN8O/c1-3-20(32)27-15-4-5-18(23)19(10-15)29-21-17(14-6-8-24-9-7-14)12-25-22(30-21)28-16-11-26-31(2)13-16/h3-13H,1H2,2H3,(H,27,32)(H2,25,28,29,30). The van der Waals surface area contributed by atoms with Crippen LogP contribution in [0.3, 0.4) is 0 Å². The molecule has 4 aromatic rings. The molecule has 3 N–H and O–H groups in total. The van der Waals surface area contributed by atoms with Gasteiger partial charge in [-0.05, 0) is 42.0 Å². The summed E-state index contributed by atoms with van der Waals surface area (Å²) in [7, 11) is 1.80. The number of nitrogens with one attached hydrogen (secondary N) is 3. The van der Waals surface area contributed by atoms with Crippen LogP contribution in [0.4, 0.5) is 33.2 Å². The molecule has 0 radical (unpaired) electrons. The van der Waals surface area contributed by atoms with Crippen molar-refractivity contribution in [3.63, 3.8) is 0 Å². The van der Waals surface area contributed by atoms with E-state index in [0.29, 0.717) is 28.7 Å². The van der Waals surface area contributed by atoms with Gasteiger partial charge in [0.2, 0.25) is 11.9 Å². The number of aromatic nitrogens is 5. The topological polar surface area (TPSA) is 110 Å². The normalized spacial score (nSPS) is 10.4. The van der Waals surface area contributed by atoms with E-state index in [1.807, 2.05) is 0 Å². The molecule has 0 aliphatic carbocycles. The van der Waals surface area contributed by atoms with E-state index >= 15 is 0 Å². The van der Waals surface area contributed by atoms with E-state index in [-0.39, 0.29) is 5.69 Å². The zero-order valence-electron chi connectivity index (χ0n) is 17.1. The third kappa shape index (κ3) is 4.75. The van der Waals surface area contributed by atoms with Gasteiger partial charge in [-0.25, -0.2) is 9.37 Å². The average molecular weight is 430 g/mol. The highest BCUT2D eigenvalue weighted by Gasteiger charge is 2.13. The fourth-order valence-electron chi connectivity index (χ4n) is 2.91. The Kier molecular flexibility index (Phi) is 5.84. The number of amides is 1. The van der Waals surface area contributed by atoms with Gasteiger partial charge in [-0.2, -0.15) is 10.1 Å². The van der Waals surface area contributed by atoms with Crippen LogP contribution in [0.25, 0.3) is 11.1 Å². The molecule has 3 heterocycles. The zero-order chi connectivity index (χ0) is 22.5. The van der Waals surface area contributed by atoms with E-state index in [0.717, 1.165) is 11.6 Å². The zero-order valence-corrected chi connectivity index (χ0v) is 17.1. The van der Waals surface area contributed by atoms with Crippen molar-refractivity contribution in [1.82, 2.24) is 24.7 Å². The smallest absolute Gasteiger partial charge is 0.247 e. The van der Waals surface area contributed by atoms with Crippen LogP contribution < -0.4 is 16.0 Å². The van der Waals surface area contributed by atoms with Crippen molar-refractivity contribution in [2.75, 3.05) is 16.0 Å². The fraction of sp³-hybridized carbons (Fsp3) is 0.0455. The van der Waals surface area contributed by atoms with Crippen LogP contribution in [0.1, 0.15) is 0 Å². The van der Waals surface area contributed by atoms with E-state index in [9.17, 15) is 9.18 Å².